The fourth-order valence-corrected chi connectivity index (χ4v) is 1.78. The smallest absolute Gasteiger partial charge is 0.225 e. The van der Waals surface area contributed by atoms with Crippen molar-refractivity contribution in [3.8, 4) is 0 Å². The molecule has 6 heteroatoms. The first-order valence-corrected chi connectivity index (χ1v) is 6.64. The zero-order valence-electron chi connectivity index (χ0n) is 11.8. The molecular formula is C14H23N3O3. The predicted octanol–water partition coefficient (Wildman–Crippen LogP) is 0.538. The lowest BCUT2D eigenvalue weighted by Gasteiger charge is -2.20. The molecule has 0 unspecified atom stereocenters. The summed E-state index contributed by atoms with van der Waals surface area (Å²) in [6, 6.07) is 7.15. The maximum Gasteiger partial charge on any atom is 0.225 e. The second kappa shape index (κ2) is 9.30. The Morgan fingerprint density at radius 3 is 2.75 bits per heavy atom. The molecule has 0 aliphatic heterocycles. The minimum atomic E-state index is -0.0942. The number of hydrogen-bond donors (Lipinski definition) is 3. The van der Waals surface area contributed by atoms with Crippen LogP contribution in [0.1, 0.15) is 6.42 Å². The molecule has 0 atom stereocenters. The molecule has 0 saturated carbocycles. The van der Waals surface area contributed by atoms with E-state index >= 15 is 0 Å². The highest BCUT2D eigenvalue weighted by molar-refractivity contribution is 5.93. The molecule has 0 heterocycles. The molecule has 0 aromatic heterocycles. The highest BCUT2D eigenvalue weighted by atomic mass is 16.5. The molecular weight excluding hydrogens is 258 g/mol. The average Bonchev–Trinajstić information content (AvgIpc) is 2.44. The van der Waals surface area contributed by atoms with E-state index < -0.39 is 0 Å². The van der Waals surface area contributed by atoms with E-state index in [0.717, 1.165) is 0 Å². The maximum atomic E-state index is 11.9. The summed E-state index contributed by atoms with van der Waals surface area (Å²) in [5.41, 5.74) is 6.94. The number of carbonyl (C=O) groups is 1. The Balaban J connectivity index is 2.39. The van der Waals surface area contributed by atoms with Crippen LogP contribution in [0.15, 0.2) is 24.3 Å². The number of para-hydroxylation sites is 2. The number of anilines is 2. The molecule has 0 fully saturated rings. The monoisotopic (exact) mass is 281 g/mol. The van der Waals surface area contributed by atoms with Crippen molar-refractivity contribution in [2.45, 2.75) is 6.42 Å². The lowest BCUT2D eigenvalue weighted by molar-refractivity contribution is -0.116. The largest absolute Gasteiger partial charge is 0.397 e. The molecule has 4 N–H and O–H groups in total. The number of carbonyl (C=O) groups excluding carboxylic acids is 1. The van der Waals surface area contributed by atoms with Crippen LogP contribution in [0.2, 0.25) is 0 Å². The first kappa shape index (κ1) is 16.4. The molecule has 0 radical (unpaired) electrons. The molecule has 0 spiro atoms. The Labute approximate surface area is 119 Å². The summed E-state index contributed by atoms with van der Waals surface area (Å²) in [6.45, 7) is 2.44. The lowest BCUT2D eigenvalue weighted by atomic mass is 10.2. The standard InChI is InChI=1S/C14H23N3O3/c1-20-11-9-17(8-10-18)7-6-14(19)16-13-5-3-2-4-12(13)15/h2-5,18H,6-11,15H2,1H3,(H,16,19). The topological polar surface area (TPSA) is 87.8 Å². The highest BCUT2D eigenvalue weighted by Gasteiger charge is 2.09. The Hall–Kier alpha value is -1.63. The number of hydrogen-bond acceptors (Lipinski definition) is 5. The van der Waals surface area contributed by atoms with E-state index in [-0.39, 0.29) is 12.5 Å². The van der Waals surface area contributed by atoms with Gasteiger partial charge in [0.1, 0.15) is 0 Å². The normalized spacial score (nSPS) is 10.8. The number of aliphatic hydroxyl groups excluding tert-OH is 1. The number of methoxy groups -OCH3 is 1. The maximum absolute atomic E-state index is 11.9. The molecule has 6 nitrogen and oxygen atoms in total. The third-order valence-electron chi connectivity index (χ3n) is 2.92. The van der Waals surface area contributed by atoms with Gasteiger partial charge in [-0.05, 0) is 12.1 Å². The van der Waals surface area contributed by atoms with E-state index in [1.165, 1.54) is 0 Å². The van der Waals surface area contributed by atoms with Gasteiger partial charge in [-0.1, -0.05) is 12.1 Å². The molecule has 112 valence electrons. The van der Waals surface area contributed by atoms with Crippen LogP contribution in [0.25, 0.3) is 0 Å². The van der Waals surface area contributed by atoms with E-state index in [0.29, 0.717) is 44.0 Å². The molecule has 0 bridgehead atoms. The number of nitrogens with two attached hydrogens (primary N) is 1. The summed E-state index contributed by atoms with van der Waals surface area (Å²) in [4.78, 5) is 13.8. The molecule has 0 aliphatic rings. The third kappa shape index (κ3) is 6.01. The third-order valence-corrected chi connectivity index (χ3v) is 2.92. The van der Waals surface area contributed by atoms with Gasteiger partial charge in [-0.2, -0.15) is 0 Å². The molecule has 1 aromatic carbocycles. The van der Waals surface area contributed by atoms with Crippen molar-refractivity contribution >= 4 is 17.3 Å². The Bertz CT molecular complexity index is 412. The minimum Gasteiger partial charge on any atom is -0.397 e. The van der Waals surface area contributed by atoms with E-state index in [9.17, 15) is 4.79 Å². The van der Waals surface area contributed by atoms with Crippen LogP contribution in [0.3, 0.4) is 0 Å². The van der Waals surface area contributed by atoms with Crippen LogP contribution in [0.5, 0.6) is 0 Å². The number of rotatable bonds is 9. The van der Waals surface area contributed by atoms with Crippen molar-refractivity contribution in [3.63, 3.8) is 0 Å². The molecule has 20 heavy (non-hydrogen) atoms. The van der Waals surface area contributed by atoms with Gasteiger partial charge in [-0.3, -0.25) is 9.69 Å². The van der Waals surface area contributed by atoms with Gasteiger partial charge in [0, 0.05) is 33.2 Å². The number of nitrogen functional groups attached to an aromatic ring is 1. The van der Waals surface area contributed by atoms with E-state index in [1.54, 1.807) is 19.2 Å². The fraction of sp³-hybridized carbons (Fsp3) is 0.500. The summed E-state index contributed by atoms with van der Waals surface area (Å²) in [5, 5.41) is 11.8. The lowest BCUT2D eigenvalue weighted by Crippen LogP contribution is -2.33. The predicted molar refractivity (Wildman–Crippen MR) is 79.5 cm³/mol. The van der Waals surface area contributed by atoms with Gasteiger partial charge in [-0.25, -0.2) is 0 Å². The van der Waals surface area contributed by atoms with Gasteiger partial charge >= 0.3 is 0 Å². The van der Waals surface area contributed by atoms with Crippen LogP contribution in [-0.2, 0) is 9.53 Å². The molecule has 1 rings (SSSR count). The number of aliphatic hydroxyl groups is 1. The number of nitrogens with zero attached hydrogens (tertiary/aromatic N) is 1. The molecule has 1 aromatic rings. The summed E-state index contributed by atoms with van der Waals surface area (Å²) >= 11 is 0. The molecule has 1 amide bonds. The van der Waals surface area contributed by atoms with E-state index in [1.807, 2.05) is 17.0 Å². The van der Waals surface area contributed by atoms with Crippen molar-refractivity contribution in [2.24, 2.45) is 0 Å². The second-order valence-electron chi connectivity index (χ2n) is 4.44. The summed E-state index contributed by atoms with van der Waals surface area (Å²) in [7, 11) is 1.63. The van der Waals surface area contributed by atoms with Gasteiger partial charge in [0.05, 0.1) is 24.6 Å². The van der Waals surface area contributed by atoms with E-state index in [2.05, 4.69) is 5.32 Å². The minimum absolute atomic E-state index is 0.0664. The van der Waals surface area contributed by atoms with Crippen LogP contribution in [-0.4, -0.2) is 55.9 Å². The van der Waals surface area contributed by atoms with Crippen molar-refractivity contribution in [3.05, 3.63) is 24.3 Å². The first-order chi connectivity index (χ1) is 9.67. The fourth-order valence-electron chi connectivity index (χ4n) is 1.78. The summed E-state index contributed by atoms with van der Waals surface area (Å²) in [6.07, 6.45) is 0.345. The highest BCUT2D eigenvalue weighted by Crippen LogP contribution is 2.16. The SMILES string of the molecule is COCCN(CCO)CCC(=O)Nc1ccccc1N. The zero-order valence-corrected chi connectivity index (χ0v) is 11.8. The van der Waals surface area contributed by atoms with Crippen LogP contribution in [0, 0.1) is 0 Å². The van der Waals surface area contributed by atoms with E-state index in [4.69, 9.17) is 15.6 Å². The number of benzene rings is 1. The summed E-state index contributed by atoms with van der Waals surface area (Å²) < 4.78 is 5.00. The van der Waals surface area contributed by atoms with Crippen LogP contribution in [0.4, 0.5) is 11.4 Å². The average molecular weight is 281 g/mol. The quantitative estimate of drug-likeness (QED) is 0.575. The van der Waals surface area contributed by atoms with Gasteiger partial charge in [0.2, 0.25) is 5.91 Å². The number of amides is 1. The van der Waals surface area contributed by atoms with Gasteiger partial charge in [0.25, 0.3) is 0 Å². The van der Waals surface area contributed by atoms with Gasteiger partial charge in [0.15, 0.2) is 0 Å². The summed E-state index contributed by atoms with van der Waals surface area (Å²) in [5.74, 6) is -0.0942. The van der Waals surface area contributed by atoms with Crippen molar-refractivity contribution in [2.75, 3.05) is 51.0 Å². The van der Waals surface area contributed by atoms with Crippen LogP contribution < -0.4 is 11.1 Å². The Kier molecular flexibility index (Phi) is 7.64. The Morgan fingerprint density at radius 1 is 1.35 bits per heavy atom. The van der Waals surface area contributed by atoms with Gasteiger partial charge in [-0.15, -0.1) is 0 Å². The van der Waals surface area contributed by atoms with Crippen molar-refractivity contribution in [1.29, 1.82) is 0 Å². The van der Waals surface area contributed by atoms with Crippen LogP contribution >= 0.6 is 0 Å². The molecule has 0 aliphatic carbocycles. The second-order valence-corrected chi connectivity index (χ2v) is 4.44. The zero-order chi connectivity index (χ0) is 14.8. The number of nitrogens with one attached hydrogen (secondary N) is 1. The Morgan fingerprint density at radius 2 is 2.10 bits per heavy atom. The molecule has 0 saturated heterocycles. The van der Waals surface area contributed by atoms with Crippen molar-refractivity contribution in [1.82, 2.24) is 4.90 Å². The van der Waals surface area contributed by atoms with Gasteiger partial charge < -0.3 is 20.9 Å². The first-order valence-electron chi connectivity index (χ1n) is 6.64. The number of ether oxygens (including phenoxy) is 1. The van der Waals surface area contributed by atoms with Crippen molar-refractivity contribution < 1.29 is 14.6 Å².